The number of hydrogen-bond acceptors (Lipinski definition) is 4. The largest absolute Gasteiger partial charge is 0.444 e. The molecule has 5 heteroatoms. The molecule has 2 aliphatic heterocycles. The number of carbonyl (C=O) groups excluding carboxylic acids is 1. The van der Waals surface area contributed by atoms with E-state index in [2.05, 4.69) is 26.1 Å². The second-order valence-electron chi connectivity index (χ2n) is 7.72. The van der Waals surface area contributed by atoms with Crippen LogP contribution in [0.5, 0.6) is 0 Å². The molecular formula is C15H28N2O2S. The minimum absolute atomic E-state index is 0.140. The number of amides is 1. The molecule has 2 atom stereocenters. The molecule has 0 aromatic rings. The van der Waals surface area contributed by atoms with E-state index in [0.717, 1.165) is 25.1 Å². The van der Waals surface area contributed by atoms with Gasteiger partial charge in [0.15, 0.2) is 0 Å². The Morgan fingerprint density at radius 3 is 2.50 bits per heavy atom. The lowest BCUT2D eigenvalue weighted by atomic mass is 9.86. The summed E-state index contributed by atoms with van der Waals surface area (Å²) in [5.74, 6) is 1.16. The minimum atomic E-state index is -0.433. The van der Waals surface area contributed by atoms with E-state index < -0.39 is 5.60 Å². The standard InChI is InChI=1S/C15H28N2O2S/c1-11-9-20-15(16-11)7-8-17(14(5,6)10-15)12(18)19-13(2,3)4/h11,16H,7-10H2,1-6H3. The van der Waals surface area contributed by atoms with E-state index in [1.54, 1.807) is 0 Å². The van der Waals surface area contributed by atoms with Crippen molar-refractivity contribution in [2.24, 2.45) is 0 Å². The zero-order valence-electron chi connectivity index (χ0n) is 13.6. The number of hydrogen-bond donors (Lipinski definition) is 1. The van der Waals surface area contributed by atoms with Crippen LogP contribution in [0.2, 0.25) is 0 Å². The number of piperidine rings is 1. The molecule has 116 valence electrons. The van der Waals surface area contributed by atoms with Crippen molar-refractivity contribution >= 4 is 17.9 Å². The zero-order valence-corrected chi connectivity index (χ0v) is 14.4. The molecule has 0 saturated carbocycles. The first kappa shape index (κ1) is 16.0. The predicted octanol–water partition coefficient (Wildman–Crippen LogP) is 3.22. The molecule has 1 N–H and O–H groups in total. The average molecular weight is 300 g/mol. The zero-order chi connectivity index (χ0) is 15.2. The lowest BCUT2D eigenvalue weighted by Gasteiger charge is -2.49. The fraction of sp³-hybridized carbons (Fsp3) is 0.933. The molecule has 1 spiro atoms. The molecule has 0 aromatic carbocycles. The van der Waals surface area contributed by atoms with Gasteiger partial charge in [-0.05, 0) is 54.4 Å². The third-order valence-electron chi connectivity index (χ3n) is 3.92. The van der Waals surface area contributed by atoms with Crippen LogP contribution in [0.3, 0.4) is 0 Å². The van der Waals surface area contributed by atoms with Crippen LogP contribution in [0, 0.1) is 0 Å². The Morgan fingerprint density at radius 1 is 1.40 bits per heavy atom. The van der Waals surface area contributed by atoms with E-state index in [4.69, 9.17) is 4.74 Å². The van der Waals surface area contributed by atoms with Gasteiger partial charge in [0, 0.05) is 23.9 Å². The van der Waals surface area contributed by atoms with Gasteiger partial charge in [-0.1, -0.05) is 0 Å². The van der Waals surface area contributed by atoms with Crippen LogP contribution in [0.15, 0.2) is 0 Å². The van der Waals surface area contributed by atoms with Crippen molar-refractivity contribution in [3.05, 3.63) is 0 Å². The molecular weight excluding hydrogens is 272 g/mol. The molecule has 0 bridgehead atoms. The number of thioether (sulfide) groups is 1. The van der Waals surface area contributed by atoms with Gasteiger partial charge in [-0.3, -0.25) is 5.32 Å². The molecule has 2 heterocycles. The van der Waals surface area contributed by atoms with E-state index in [0.29, 0.717) is 6.04 Å². The highest BCUT2D eigenvalue weighted by atomic mass is 32.2. The van der Waals surface area contributed by atoms with Crippen molar-refractivity contribution in [2.75, 3.05) is 12.3 Å². The maximum absolute atomic E-state index is 12.4. The molecule has 1 amide bonds. The van der Waals surface area contributed by atoms with Gasteiger partial charge in [0.25, 0.3) is 0 Å². The molecule has 20 heavy (non-hydrogen) atoms. The Bertz CT molecular complexity index is 392. The SMILES string of the molecule is CC1CSC2(CCN(C(=O)OC(C)(C)C)C(C)(C)C2)N1. The normalized spacial score (nSPS) is 33.5. The smallest absolute Gasteiger partial charge is 0.410 e. The predicted molar refractivity (Wildman–Crippen MR) is 84.0 cm³/mol. The van der Waals surface area contributed by atoms with Crippen molar-refractivity contribution < 1.29 is 9.53 Å². The Kier molecular flexibility index (Phi) is 4.06. The maximum Gasteiger partial charge on any atom is 0.410 e. The molecule has 2 fully saturated rings. The summed E-state index contributed by atoms with van der Waals surface area (Å²) in [6.45, 7) is 13.0. The van der Waals surface area contributed by atoms with Gasteiger partial charge in [0.2, 0.25) is 0 Å². The summed E-state index contributed by atoms with van der Waals surface area (Å²) in [6, 6.07) is 0.559. The Hall–Kier alpha value is -0.420. The number of nitrogens with zero attached hydrogens (tertiary/aromatic N) is 1. The Balaban J connectivity index is 2.06. The van der Waals surface area contributed by atoms with E-state index in [1.807, 2.05) is 37.4 Å². The summed E-state index contributed by atoms with van der Waals surface area (Å²) >= 11 is 2.01. The first-order valence-corrected chi connectivity index (χ1v) is 8.44. The maximum atomic E-state index is 12.4. The Labute approximate surface area is 127 Å². The van der Waals surface area contributed by atoms with Gasteiger partial charge in [0.1, 0.15) is 5.60 Å². The minimum Gasteiger partial charge on any atom is -0.444 e. The highest BCUT2D eigenvalue weighted by molar-refractivity contribution is 8.00. The number of rotatable bonds is 0. The molecule has 2 rings (SSSR count). The summed E-state index contributed by atoms with van der Waals surface area (Å²) in [6.07, 6.45) is 1.77. The molecule has 0 aromatic heterocycles. The summed E-state index contributed by atoms with van der Waals surface area (Å²) in [7, 11) is 0. The van der Waals surface area contributed by atoms with Gasteiger partial charge < -0.3 is 9.64 Å². The molecule has 2 saturated heterocycles. The van der Waals surface area contributed by atoms with Crippen LogP contribution in [0.4, 0.5) is 4.79 Å². The monoisotopic (exact) mass is 300 g/mol. The lowest BCUT2D eigenvalue weighted by molar-refractivity contribution is -0.0133. The van der Waals surface area contributed by atoms with Crippen LogP contribution >= 0.6 is 11.8 Å². The number of likely N-dealkylation sites (tertiary alicyclic amines) is 1. The van der Waals surface area contributed by atoms with Crippen molar-refractivity contribution in [3.63, 3.8) is 0 Å². The third kappa shape index (κ3) is 3.42. The van der Waals surface area contributed by atoms with Gasteiger partial charge in [-0.15, -0.1) is 11.8 Å². The number of carbonyl (C=O) groups is 1. The highest BCUT2D eigenvalue weighted by Gasteiger charge is 2.49. The second-order valence-corrected chi connectivity index (χ2v) is 9.13. The van der Waals surface area contributed by atoms with Crippen LogP contribution in [-0.4, -0.2) is 45.3 Å². The van der Waals surface area contributed by atoms with E-state index in [9.17, 15) is 4.79 Å². The molecule has 4 nitrogen and oxygen atoms in total. The second kappa shape index (κ2) is 5.09. The van der Waals surface area contributed by atoms with Crippen LogP contribution in [0.25, 0.3) is 0 Å². The van der Waals surface area contributed by atoms with E-state index in [-0.39, 0.29) is 16.5 Å². The van der Waals surface area contributed by atoms with E-state index >= 15 is 0 Å². The fourth-order valence-electron chi connectivity index (χ4n) is 3.20. The molecule has 2 unspecified atom stereocenters. The van der Waals surface area contributed by atoms with Gasteiger partial charge in [-0.25, -0.2) is 4.79 Å². The van der Waals surface area contributed by atoms with Gasteiger partial charge in [0.05, 0.1) is 4.87 Å². The van der Waals surface area contributed by atoms with Crippen molar-refractivity contribution in [1.29, 1.82) is 0 Å². The summed E-state index contributed by atoms with van der Waals surface area (Å²) in [5, 5.41) is 3.72. The fourth-order valence-corrected chi connectivity index (χ4v) is 4.82. The topological polar surface area (TPSA) is 41.6 Å². The third-order valence-corrected chi connectivity index (χ3v) is 5.61. The average Bonchev–Trinajstić information content (AvgIpc) is 2.55. The lowest BCUT2D eigenvalue weighted by Crippen LogP contribution is -2.61. The quantitative estimate of drug-likeness (QED) is 0.746. The first-order chi connectivity index (χ1) is 9.03. The van der Waals surface area contributed by atoms with Crippen LogP contribution in [0.1, 0.15) is 54.4 Å². The van der Waals surface area contributed by atoms with Crippen LogP contribution in [-0.2, 0) is 4.74 Å². The number of nitrogens with one attached hydrogen (secondary N) is 1. The van der Waals surface area contributed by atoms with Crippen molar-refractivity contribution in [3.8, 4) is 0 Å². The highest BCUT2D eigenvalue weighted by Crippen LogP contribution is 2.45. The molecule has 2 aliphatic rings. The first-order valence-electron chi connectivity index (χ1n) is 7.45. The van der Waals surface area contributed by atoms with Crippen molar-refractivity contribution in [2.45, 2.75) is 76.4 Å². The Morgan fingerprint density at radius 2 is 2.05 bits per heavy atom. The summed E-state index contributed by atoms with van der Waals surface area (Å²) in [5.41, 5.74) is -0.609. The van der Waals surface area contributed by atoms with Crippen LogP contribution < -0.4 is 5.32 Å². The molecule has 0 aliphatic carbocycles. The van der Waals surface area contributed by atoms with Gasteiger partial charge in [-0.2, -0.15) is 0 Å². The summed E-state index contributed by atoms with van der Waals surface area (Å²) < 4.78 is 5.54. The summed E-state index contributed by atoms with van der Waals surface area (Å²) in [4.78, 5) is 14.4. The van der Waals surface area contributed by atoms with Crippen molar-refractivity contribution in [1.82, 2.24) is 10.2 Å². The van der Waals surface area contributed by atoms with E-state index in [1.165, 1.54) is 0 Å². The van der Waals surface area contributed by atoms with Gasteiger partial charge >= 0.3 is 6.09 Å². The molecule has 0 radical (unpaired) electrons. The number of ether oxygens (including phenoxy) is 1.